The zero-order chi connectivity index (χ0) is 20.1. The van der Waals surface area contributed by atoms with Crippen molar-refractivity contribution in [3.05, 3.63) is 57.1 Å². The number of nitrogens with one attached hydrogen (secondary N) is 1. The van der Waals surface area contributed by atoms with Crippen molar-refractivity contribution in [3.63, 3.8) is 0 Å². The Hall–Kier alpha value is -2.87. The minimum absolute atomic E-state index is 0.0141. The number of para-hydroxylation sites is 2. The van der Waals surface area contributed by atoms with Crippen molar-refractivity contribution in [2.75, 3.05) is 0 Å². The fraction of sp³-hybridized carbons (Fsp3) is 0.350. The van der Waals surface area contributed by atoms with E-state index in [4.69, 9.17) is 4.74 Å². The third kappa shape index (κ3) is 4.33. The van der Waals surface area contributed by atoms with Crippen LogP contribution in [-0.4, -0.2) is 27.1 Å². The van der Waals surface area contributed by atoms with Crippen LogP contribution < -0.4 is 11.0 Å². The van der Waals surface area contributed by atoms with E-state index >= 15 is 0 Å². The zero-order valence-electron chi connectivity index (χ0n) is 15.9. The molecule has 3 aromatic rings. The molecule has 0 aliphatic heterocycles. The van der Waals surface area contributed by atoms with Gasteiger partial charge in [-0.2, -0.15) is 0 Å². The predicted molar refractivity (Wildman–Crippen MR) is 108 cm³/mol. The van der Waals surface area contributed by atoms with Crippen LogP contribution in [0.25, 0.3) is 11.0 Å². The molecular formula is C20H23N3O4S. The number of aryl methyl sites for hydroxylation is 2. The molecule has 0 aliphatic carbocycles. The lowest BCUT2D eigenvalue weighted by Gasteiger charge is -2.13. The summed E-state index contributed by atoms with van der Waals surface area (Å²) < 4.78 is 8.46. The number of carbonyl (C=O) groups excluding carboxylic acids is 2. The summed E-state index contributed by atoms with van der Waals surface area (Å²) in [5.74, 6) is -0.861. The van der Waals surface area contributed by atoms with Crippen LogP contribution in [0.5, 0.6) is 0 Å². The van der Waals surface area contributed by atoms with Gasteiger partial charge in [0.2, 0.25) is 0 Å². The number of hydrogen-bond donors (Lipinski definition) is 1. The van der Waals surface area contributed by atoms with Gasteiger partial charge in [-0.1, -0.05) is 18.2 Å². The Kier molecular flexibility index (Phi) is 6.30. The van der Waals surface area contributed by atoms with Crippen molar-refractivity contribution in [2.45, 2.75) is 46.0 Å². The van der Waals surface area contributed by atoms with Gasteiger partial charge in [0, 0.05) is 18.0 Å². The van der Waals surface area contributed by atoms with Gasteiger partial charge in [-0.25, -0.2) is 4.79 Å². The van der Waals surface area contributed by atoms with Gasteiger partial charge in [0.1, 0.15) is 0 Å². The highest BCUT2D eigenvalue weighted by atomic mass is 32.1. The second-order valence-corrected chi connectivity index (χ2v) is 7.38. The van der Waals surface area contributed by atoms with Crippen molar-refractivity contribution >= 4 is 34.2 Å². The Labute approximate surface area is 166 Å². The monoisotopic (exact) mass is 401 g/mol. The van der Waals surface area contributed by atoms with E-state index in [2.05, 4.69) is 5.32 Å². The maximum absolute atomic E-state index is 12.6. The Morgan fingerprint density at radius 2 is 1.86 bits per heavy atom. The Morgan fingerprint density at radius 3 is 2.50 bits per heavy atom. The van der Waals surface area contributed by atoms with Crippen molar-refractivity contribution in [2.24, 2.45) is 0 Å². The summed E-state index contributed by atoms with van der Waals surface area (Å²) in [5, 5.41) is 4.68. The van der Waals surface area contributed by atoms with Crippen molar-refractivity contribution in [1.29, 1.82) is 0 Å². The average Bonchev–Trinajstić information content (AvgIpc) is 3.30. The highest BCUT2D eigenvalue weighted by molar-refractivity contribution is 7.09. The van der Waals surface area contributed by atoms with Crippen LogP contribution in [-0.2, 0) is 34.0 Å². The smallest absolute Gasteiger partial charge is 0.329 e. The standard InChI is InChI=1S/C20H23N3O4S/c1-3-22-16-8-4-5-9-17(16)23(20(22)26)11-10-18(24)27-14(2)19(25)21-13-15-7-6-12-28-15/h4-9,12,14H,3,10-11,13H2,1-2H3,(H,21,25)/t14-/m1/s1. The summed E-state index contributed by atoms with van der Waals surface area (Å²) >= 11 is 1.55. The summed E-state index contributed by atoms with van der Waals surface area (Å²) in [7, 11) is 0. The minimum Gasteiger partial charge on any atom is -0.452 e. The highest BCUT2D eigenvalue weighted by Crippen LogP contribution is 2.13. The van der Waals surface area contributed by atoms with Crippen LogP contribution in [0.1, 0.15) is 25.1 Å². The molecule has 1 amide bonds. The molecule has 2 heterocycles. The molecule has 1 atom stereocenters. The van der Waals surface area contributed by atoms with Crippen LogP contribution in [0, 0.1) is 0 Å². The van der Waals surface area contributed by atoms with Gasteiger partial charge in [-0.15, -0.1) is 11.3 Å². The Balaban J connectivity index is 1.57. The quantitative estimate of drug-likeness (QED) is 0.588. The van der Waals surface area contributed by atoms with E-state index in [-0.39, 0.29) is 24.6 Å². The van der Waals surface area contributed by atoms with Crippen LogP contribution in [0.3, 0.4) is 0 Å². The Morgan fingerprint density at radius 1 is 1.14 bits per heavy atom. The fourth-order valence-corrected chi connectivity index (χ4v) is 3.68. The Bertz CT molecular complexity index is 1020. The summed E-state index contributed by atoms with van der Waals surface area (Å²) in [6.45, 7) is 4.61. The first-order valence-electron chi connectivity index (χ1n) is 9.19. The highest BCUT2D eigenvalue weighted by Gasteiger charge is 2.19. The van der Waals surface area contributed by atoms with Crippen LogP contribution in [0.15, 0.2) is 46.6 Å². The van der Waals surface area contributed by atoms with Gasteiger partial charge < -0.3 is 10.1 Å². The van der Waals surface area contributed by atoms with Crippen LogP contribution in [0.2, 0.25) is 0 Å². The van der Waals surface area contributed by atoms with Gasteiger partial charge in [0.25, 0.3) is 5.91 Å². The molecule has 1 N–H and O–H groups in total. The van der Waals surface area contributed by atoms with Gasteiger partial charge in [-0.3, -0.25) is 18.7 Å². The number of esters is 1. The minimum atomic E-state index is -0.888. The molecule has 148 valence electrons. The predicted octanol–water partition coefficient (Wildman–Crippen LogP) is 2.52. The maximum atomic E-state index is 12.6. The van der Waals surface area contributed by atoms with Crippen molar-refractivity contribution in [3.8, 4) is 0 Å². The third-order valence-corrected chi connectivity index (χ3v) is 5.35. The number of imidazole rings is 1. The van der Waals surface area contributed by atoms with Crippen LogP contribution in [0.4, 0.5) is 0 Å². The number of nitrogens with zero attached hydrogens (tertiary/aromatic N) is 2. The van der Waals surface area contributed by atoms with Crippen LogP contribution >= 0.6 is 11.3 Å². The number of benzene rings is 1. The topological polar surface area (TPSA) is 82.3 Å². The second kappa shape index (κ2) is 8.88. The number of fused-ring (bicyclic) bond motifs is 1. The van der Waals surface area contributed by atoms with E-state index in [1.165, 1.54) is 6.92 Å². The molecule has 0 fully saturated rings. The lowest BCUT2D eigenvalue weighted by Crippen LogP contribution is -2.35. The van der Waals surface area contributed by atoms with Crippen molar-refractivity contribution < 1.29 is 14.3 Å². The SMILES string of the molecule is CCn1c(=O)n(CCC(=O)O[C@H](C)C(=O)NCc2cccs2)c2ccccc21. The molecule has 0 saturated carbocycles. The number of hydrogen-bond acceptors (Lipinski definition) is 5. The molecule has 28 heavy (non-hydrogen) atoms. The molecule has 0 saturated heterocycles. The molecule has 0 spiro atoms. The second-order valence-electron chi connectivity index (χ2n) is 6.35. The summed E-state index contributed by atoms with van der Waals surface area (Å²) in [6, 6.07) is 11.3. The van der Waals surface area contributed by atoms with E-state index in [1.807, 2.05) is 48.7 Å². The fourth-order valence-electron chi connectivity index (χ4n) is 3.04. The largest absolute Gasteiger partial charge is 0.452 e. The van der Waals surface area contributed by atoms with Gasteiger partial charge in [-0.05, 0) is 37.4 Å². The van der Waals surface area contributed by atoms with Crippen molar-refractivity contribution in [1.82, 2.24) is 14.5 Å². The number of amides is 1. The van der Waals surface area contributed by atoms with Gasteiger partial charge >= 0.3 is 11.7 Å². The zero-order valence-corrected chi connectivity index (χ0v) is 16.7. The molecule has 2 aromatic heterocycles. The molecular weight excluding hydrogens is 378 g/mol. The average molecular weight is 401 g/mol. The summed E-state index contributed by atoms with van der Waals surface area (Å²) in [6.07, 6.45) is -0.874. The number of ether oxygens (including phenoxy) is 1. The number of carbonyl (C=O) groups is 2. The molecule has 0 bridgehead atoms. The first-order chi connectivity index (χ1) is 13.5. The van der Waals surface area contributed by atoms with E-state index < -0.39 is 12.1 Å². The summed E-state index contributed by atoms with van der Waals surface area (Å²) in [5.41, 5.74) is 1.46. The number of aromatic nitrogens is 2. The van der Waals surface area contributed by atoms with E-state index in [1.54, 1.807) is 20.5 Å². The molecule has 7 nitrogen and oxygen atoms in total. The number of rotatable bonds is 8. The molecule has 8 heteroatoms. The molecule has 1 aromatic carbocycles. The third-order valence-electron chi connectivity index (χ3n) is 4.48. The summed E-state index contributed by atoms with van der Waals surface area (Å²) in [4.78, 5) is 37.8. The first kappa shape index (κ1) is 19.9. The molecule has 3 rings (SSSR count). The van der Waals surface area contributed by atoms with E-state index in [0.717, 1.165) is 15.9 Å². The van der Waals surface area contributed by atoms with Gasteiger partial charge in [0.05, 0.1) is 24.0 Å². The molecule has 0 unspecified atom stereocenters. The molecule has 0 aliphatic rings. The van der Waals surface area contributed by atoms with E-state index in [9.17, 15) is 14.4 Å². The van der Waals surface area contributed by atoms with E-state index in [0.29, 0.717) is 13.1 Å². The first-order valence-corrected chi connectivity index (χ1v) is 10.1. The lowest BCUT2D eigenvalue weighted by atomic mass is 10.3. The lowest BCUT2D eigenvalue weighted by molar-refractivity contribution is -0.155. The maximum Gasteiger partial charge on any atom is 0.329 e. The molecule has 0 radical (unpaired) electrons. The van der Waals surface area contributed by atoms with Gasteiger partial charge in [0.15, 0.2) is 6.10 Å². The number of thiophene rings is 1. The normalized spacial score (nSPS) is 12.1.